The normalized spacial score (nSPS) is 18.0. The predicted octanol–water partition coefficient (Wildman–Crippen LogP) is 1.61. The van der Waals surface area contributed by atoms with Gasteiger partial charge in [0.2, 0.25) is 10.0 Å². The van der Waals surface area contributed by atoms with Crippen LogP contribution in [0.25, 0.3) is 0 Å². The fraction of sp³-hybridized carbons (Fsp3) is 0.429. The lowest BCUT2D eigenvalue weighted by atomic mass is 10.1. The van der Waals surface area contributed by atoms with E-state index in [1.165, 1.54) is 0 Å². The molecule has 0 saturated carbocycles. The number of hydrogen-bond acceptors (Lipinski definition) is 4. The first-order valence-electron chi connectivity index (χ1n) is 7.00. The zero-order valence-corrected chi connectivity index (χ0v) is 12.7. The third-order valence-electron chi connectivity index (χ3n) is 3.87. The second-order valence-corrected chi connectivity index (χ2v) is 7.27. The van der Waals surface area contributed by atoms with Crippen LogP contribution in [0.4, 0.5) is 0 Å². The van der Waals surface area contributed by atoms with E-state index in [9.17, 15) is 8.42 Å². The van der Waals surface area contributed by atoms with Crippen LogP contribution in [0.5, 0.6) is 0 Å². The van der Waals surface area contributed by atoms with Crippen LogP contribution < -0.4 is 0 Å². The SMILES string of the molecule is Cc1cccc(S(=O)(=O)N2CCC(n3ccnn3)CC2)c1. The van der Waals surface area contributed by atoms with Crippen molar-refractivity contribution >= 4 is 10.0 Å². The minimum Gasteiger partial charge on any atom is -0.249 e. The summed E-state index contributed by atoms with van der Waals surface area (Å²) >= 11 is 0. The van der Waals surface area contributed by atoms with Gasteiger partial charge in [0, 0.05) is 19.3 Å². The summed E-state index contributed by atoms with van der Waals surface area (Å²) in [5, 5.41) is 7.80. The second-order valence-electron chi connectivity index (χ2n) is 5.33. The molecular formula is C14H18N4O2S. The molecule has 6 nitrogen and oxygen atoms in total. The van der Waals surface area contributed by atoms with Crippen molar-refractivity contribution in [3.63, 3.8) is 0 Å². The first kappa shape index (κ1) is 14.2. The summed E-state index contributed by atoms with van der Waals surface area (Å²) in [7, 11) is -3.39. The highest BCUT2D eigenvalue weighted by atomic mass is 32.2. The maximum atomic E-state index is 12.6. The van der Waals surface area contributed by atoms with Crippen LogP contribution in [0.15, 0.2) is 41.6 Å². The average molecular weight is 306 g/mol. The maximum absolute atomic E-state index is 12.6. The van der Waals surface area contributed by atoms with Gasteiger partial charge in [0.15, 0.2) is 0 Å². The Kier molecular flexibility index (Phi) is 3.77. The van der Waals surface area contributed by atoms with E-state index in [1.807, 2.05) is 23.9 Å². The third-order valence-corrected chi connectivity index (χ3v) is 5.76. The summed E-state index contributed by atoms with van der Waals surface area (Å²) in [6, 6.07) is 7.29. The molecule has 21 heavy (non-hydrogen) atoms. The number of rotatable bonds is 3. The van der Waals surface area contributed by atoms with Crippen molar-refractivity contribution in [3.8, 4) is 0 Å². The molecule has 7 heteroatoms. The quantitative estimate of drug-likeness (QED) is 0.864. The van der Waals surface area contributed by atoms with Gasteiger partial charge in [-0.3, -0.25) is 0 Å². The molecule has 0 amide bonds. The molecule has 0 N–H and O–H groups in total. The zero-order chi connectivity index (χ0) is 14.9. The van der Waals surface area contributed by atoms with Crippen molar-refractivity contribution in [2.24, 2.45) is 0 Å². The standard InChI is InChI=1S/C14H18N4O2S/c1-12-3-2-4-14(11-12)21(19,20)17-8-5-13(6-9-17)18-10-7-15-16-18/h2-4,7,10-11,13H,5-6,8-9H2,1H3. The number of nitrogens with zero attached hydrogens (tertiary/aromatic N) is 4. The van der Waals surface area contributed by atoms with Crippen molar-refractivity contribution in [2.75, 3.05) is 13.1 Å². The van der Waals surface area contributed by atoms with Gasteiger partial charge in [-0.2, -0.15) is 4.31 Å². The molecule has 3 rings (SSSR count). The molecule has 0 unspecified atom stereocenters. The van der Waals surface area contributed by atoms with Gasteiger partial charge in [-0.05, 0) is 37.5 Å². The Hall–Kier alpha value is -1.73. The van der Waals surface area contributed by atoms with Crippen molar-refractivity contribution in [3.05, 3.63) is 42.2 Å². The highest BCUT2D eigenvalue weighted by Gasteiger charge is 2.30. The van der Waals surface area contributed by atoms with Crippen LogP contribution >= 0.6 is 0 Å². The molecule has 0 radical (unpaired) electrons. The molecule has 1 aromatic carbocycles. The number of piperidine rings is 1. The Labute approximate surface area is 124 Å². The molecule has 112 valence electrons. The first-order valence-corrected chi connectivity index (χ1v) is 8.44. The molecule has 1 aliphatic heterocycles. The number of benzene rings is 1. The largest absolute Gasteiger partial charge is 0.249 e. The summed E-state index contributed by atoms with van der Waals surface area (Å²) in [5.74, 6) is 0. The van der Waals surface area contributed by atoms with E-state index in [2.05, 4.69) is 10.3 Å². The van der Waals surface area contributed by atoms with Gasteiger partial charge < -0.3 is 0 Å². The molecule has 0 bridgehead atoms. The molecule has 0 atom stereocenters. The van der Waals surface area contributed by atoms with Crippen LogP contribution in [-0.4, -0.2) is 40.8 Å². The Morgan fingerprint density at radius 3 is 2.62 bits per heavy atom. The van der Waals surface area contributed by atoms with Gasteiger partial charge in [-0.1, -0.05) is 17.3 Å². The second kappa shape index (κ2) is 5.57. The van der Waals surface area contributed by atoms with Crippen LogP contribution in [0.2, 0.25) is 0 Å². The Morgan fingerprint density at radius 1 is 1.24 bits per heavy atom. The van der Waals surface area contributed by atoms with Gasteiger partial charge in [0.1, 0.15) is 0 Å². The molecular weight excluding hydrogens is 288 g/mol. The Bertz CT molecular complexity index is 704. The fourth-order valence-electron chi connectivity index (χ4n) is 2.68. The number of sulfonamides is 1. The van der Waals surface area contributed by atoms with E-state index in [1.54, 1.807) is 28.7 Å². The van der Waals surface area contributed by atoms with Gasteiger partial charge in [0.05, 0.1) is 17.1 Å². The smallest absolute Gasteiger partial charge is 0.243 e. The van der Waals surface area contributed by atoms with Gasteiger partial charge in [0.25, 0.3) is 0 Å². The number of aryl methyl sites for hydroxylation is 1. The van der Waals surface area contributed by atoms with Crippen molar-refractivity contribution in [2.45, 2.75) is 30.7 Å². The summed E-state index contributed by atoms with van der Waals surface area (Å²) in [5.41, 5.74) is 0.952. The molecule has 1 aromatic heterocycles. The maximum Gasteiger partial charge on any atom is 0.243 e. The third kappa shape index (κ3) is 2.84. The number of aromatic nitrogens is 3. The average Bonchev–Trinajstić information content (AvgIpc) is 3.02. The predicted molar refractivity (Wildman–Crippen MR) is 78.2 cm³/mol. The van der Waals surface area contributed by atoms with Crippen LogP contribution in [0.1, 0.15) is 24.4 Å². The van der Waals surface area contributed by atoms with E-state index in [0.717, 1.165) is 18.4 Å². The molecule has 1 fully saturated rings. The lowest BCUT2D eigenvalue weighted by molar-refractivity contribution is 0.258. The highest BCUT2D eigenvalue weighted by Crippen LogP contribution is 2.26. The fourth-order valence-corrected chi connectivity index (χ4v) is 4.26. The zero-order valence-electron chi connectivity index (χ0n) is 11.9. The molecule has 0 aliphatic carbocycles. The monoisotopic (exact) mass is 306 g/mol. The topological polar surface area (TPSA) is 68.1 Å². The molecule has 1 aliphatic rings. The highest BCUT2D eigenvalue weighted by molar-refractivity contribution is 7.89. The van der Waals surface area contributed by atoms with Gasteiger partial charge in [-0.25, -0.2) is 13.1 Å². The summed E-state index contributed by atoms with van der Waals surface area (Å²) < 4.78 is 28.6. The van der Waals surface area contributed by atoms with Crippen LogP contribution in [-0.2, 0) is 10.0 Å². The molecule has 0 spiro atoms. The van der Waals surface area contributed by atoms with Crippen molar-refractivity contribution < 1.29 is 8.42 Å². The van der Waals surface area contributed by atoms with Crippen molar-refractivity contribution in [1.29, 1.82) is 0 Å². The van der Waals surface area contributed by atoms with E-state index in [4.69, 9.17) is 0 Å². The lowest BCUT2D eigenvalue weighted by Gasteiger charge is -2.31. The van der Waals surface area contributed by atoms with Gasteiger partial charge >= 0.3 is 0 Å². The van der Waals surface area contributed by atoms with E-state index in [0.29, 0.717) is 18.0 Å². The molecule has 2 aromatic rings. The van der Waals surface area contributed by atoms with Crippen molar-refractivity contribution in [1.82, 2.24) is 19.3 Å². The molecule has 2 heterocycles. The van der Waals surface area contributed by atoms with E-state index < -0.39 is 10.0 Å². The van der Waals surface area contributed by atoms with E-state index in [-0.39, 0.29) is 6.04 Å². The minimum absolute atomic E-state index is 0.233. The van der Waals surface area contributed by atoms with Crippen LogP contribution in [0, 0.1) is 6.92 Å². The Morgan fingerprint density at radius 2 is 2.00 bits per heavy atom. The summed E-state index contributed by atoms with van der Waals surface area (Å²) in [4.78, 5) is 0.377. The minimum atomic E-state index is -3.39. The first-order chi connectivity index (χ1) is 10.1. The number of hydrogen-bond donors (Lipinski definition) is 0. The summed E-state index contributed by atoms with van der Waals surface area (Å²) in [6.45, 7) is 2.93. The van der Waals surface area contributed by atoms with Gasteiger partial charge in [-0.15, -0.1) is 5.10 Å². The Balaban J connectivity index is 1.74. The van der Waals surface area contributed by atoms with Crippen LogP contribution in [0.3, 0.4) is 0 Å². The molecule has 1 saturated heterocycles. The lowest BCUT2D eigenvalue weighted by Crippen LogP contribution is -2.39. The summed E-state index contributed by atoms with van der Waals surface area (Å²) in [6.07, 6.45) is 4.99. The van der Waals surface area contributed by atoms with E-state index >= 15 is 0 Å².